The van der Waals surface area contributed by atoms with Crippen LogP contribution in [-0.2, 0) is 6.54 Å². The summed E-state index contributed by atoms with van der Waals surface area (Å²) in [6.07, 6.45) is 15.5. The number of likely N-dealkylation sites (N-methyl/N-ethyl adjacent to an activating group) is 1. The van der Waals surface area contributed by atoms with Gasteiger partial charge in [0, 0.05) is 54.8 Å². The Bertz CT molecular complexity index is 1640. The van der Waals surface area contributed by atoms with Crippen molar-refractivity contribution in [1.82, 2.24) is 20.5 Å². The summed E-state index contributed by atoms with van der Waals surface area (Å²) < 4.78 is 0. The molecule has 4 unspecified atom stereocenters. The molecule has 43 heavy (non-hydrogen) atoms. The molecule has 2 aliphatic heterocycles. The van der Waals surface area contributed by atoms with E-state index in [2.05, 4.69) is 63.3 Å². The Morgan fingerprint density at radius 1 is 1.05 bits per heavy atom. The molecule has 2 aliphatic carbocycles. The Labute approximate surface area is 252 Å². The van der Waals surface area contributed by atoms with Crippen LogP contribution in [0.25, 0.3) is 0 Å². The van der Waals surface area contributed by atoms with Gasteiger partial charge in [-0.25, -0.2) is 0 Å². The number of hydrogen-bond donors (Lipinski definition) is 3. The first-order valence-corrected chi connectivity index (χ1v) is 15.2. The summed E-state index contributed by atoms with van der Waals surface area (Å²) in [6.45, 7) is 2.39. The van der Waals surface area contributed by atoms with E-state index in [1.165, 1.54) is 16.7 Å². The minimum Gasteiger partial charge on any atom is -0.378 e. The van der Waals surface area contributed by atoms with Crippen LogP contribution in [0.4, 0.5) is 5.69 Å². The number of carbonyl (C=O) groups is 2. The van der Waals surface area contributed by atoms with Crippen LogP contribution in [0.5, 0.6) is 0 Å². The Kier molecular flexibility index (Phi) is 7.41. The summed E-state index contributed by atoms with van der Waals surface area (Å²) in [6, 6.07) is 17.7. The molecule has 2 aromatic carbocycles. The number of carbonyl (C=O) groups excluding carboxylic acids is 2. The van der Waals surface area contributed by atoms with Gasteiger partial charge in [0.15, 0.2) is 0 Å². The number of hydrogen-bond acceptors (Lipinski definition) is 5. The van der Waals surface area contributed by atoms with Crippen molar-refractivity contribution in [3.63, 3.8) is 0 Å². The van der Waals surface area contributed by atoms with E-state index in [-0.39, 0.29) is 29.8 Å². The number of allylic oxidation sites excluding steroid dienone is 3. The Morgan fingerprint density at radius 2 is 1.95 bits per heavy atom. The van der Waals surface area contributed by atoms with Gasteiger partial charge in [0.25, 0.3) is 11.8 Å². The lowest BCUT2D eigenvalue weighted by molar-refractivity contribution is 0.0940. The maximum Gasteiger partial charge on any atom is 0.251 e. The van der Waals surface area contributed by atoms with E-state index < -0.39 is 0 Å². The summed E-state index contributed by atoms with van der Waals surface area (Å²) in [5.41, 5.74) is 8.37. The molecule has 0 saturated heterocycles. The second kappa shape index (κ2) is 11.7. The maximum atomic E-state index is 13.2. The zero-order chi connectivity index (χ0) is 29.3. The fourth-order valence-corrected chi connectivity index (χ4v) is 7.04. The van der Waals surface area contributed by atoms with Crippen LogP contribution in [0.15, 0.2) is 102 Å². The molecular weight excluding hydrogens is 534 g/mol. The number of anilines is 1. The van der Waals surface area contributed by atoms with E-state index in [1.54, 1.807) is 6.20 Å². The van der Waals surface area contributed by atoms with Gasteiger partial charge in [0.1, 0.15) is 0 Å². The number of aromatic nitrogens is 1. The molecule has 7 rings (SSSR count). The lowest BCUT2D eigenvalue weighted by atomic mass is 9.77. The summed E-state index contributed by atoms with van der Waals surface area (Å²) in [7, 11) is 2.14. The zero-order valence-electron chi connectivity index (χ0n) is 24.4. The van der Waals surface area contributed by atoms with Crippen molar-refractivity contribution in [2.24, 2.45) is 5.92 Å². The van der Waals surface area contributed by atoms with E-state index in [0.29, 0.717) is 23.6 Å². The number of rotatable bonds is 6. The smallest absolute Gasteiger partial charge is 0.251 e. The van der Waals surface area contributed by atoms with E-state index in [9.17, 15) is 9.59 Å². The highest BCUT2D eigenvalue weighted by molar-refractivity contribution is 5.96. The first-order chi connectivity index (χ1) is 21.0. The van der Waals surface area contributed by atoms with Crippen LogP contribution >= 0.6 is 0 Å². The SMILES string of the molecule is CN1CCC2=C(CC(NC(=O)c3cccc(CNC(=O)c4ccc5c(c4)C4C=CCC4C(c4cccnc4)N5)c3)C=C2)C1. The first kappa shape index (κ1) is 27.3. The normalized spacial score (nSPS) is 24.0. The molecule has 4 aliphatic rings. The van der Waals surface area contributed by atoms with Crippen molar-refractivity contribution >= 4 is 17.5 Å². The molecule has 0 saturated carbocycles. The van der Waals surface area contributed by atoms with Crippen molar-refractivity contribution in [2.75, 3.05) is 25.5 Å². The van der Waals surface area contributed by atoms with Gasteiger partial charge >= 0.3 is 0 Å². The largest absolute Gasteiger partial charge is 0.378 e. The van der Waals surface area contributed by atoms with Gasteiger partial charge in [-0.15, -0.1) is 0 Å². The summed E-state index contributed by atoms with van der Waals surface area (Å²) in [4.78, 5) is 33.0. The molecule has 3 heterocycles. The van der Waals surface area contributed by atoms with Gasteiger partial charge in [-0.3, -0.25) is 14.6 Å². The predicted molar refractivity (Wildman–Crippen MR) is 169 cm³/mol. The average molecular weight is 572 g/mol. The summed E-state index contributed by atoms with van der Waals surface area (Å²) >= 11 is 0. The maximum absolute atomic E-state index is 13.2. The fraction of sp³-hybridized carbons (Fsp3) is 0.306. The van der Waals surface area contributed by atoms with Crippen molar-refractivity contribution in [3.8, 4) is 0 Å². The monoisotopic (exact) mass is 571 g/mol. The molecule has 3 aromatic rings. The van der Waals surface area contributed by atoms with Crippen LogP contribution in [0.2, 0.25) is 0 Å². The Balaban J connectivity index is 0.990. The lowest BCUT2D eigenvalue weighted by Crippen LogP contribution is -2.38. The molecule has 7 nitrogen and oxygen atoms in total. The first-order valence-electron chi connectivity index (χ1n) is 15.2. The third-order valence-corrected chi connectivity index (χ3v) is 9.30. The van der Waals surface area contributed by atoms with Crippen LogP contribution in [0.1, 0.15) is 68.6 Å². The number of benzene rings is 2. The van der Waals surface area contributed by atoms with E-state index in [1.807, 2.05) is 54.7 Å². The molecule has 0 spiro atoms. The highest BCUT2D eigenvalue weighted by Gasteiger charge is 2.38. The van der Waals surface area contributed by atoms with Crippen LogP contribution in [0.3, 0.4) is 0 Å². The van der Waals surface area contributed by atoms with Gasteiger partial charge in [-0.05, 0) is 90.9 Å². The highest BCUT2D eigenvalue weighted by Crippen LogP contribution is 2.49. The molecule has 218 valence electrons. The highest BCUT2D eigenvalue weighted by atomic mass is 16.2. The third kappa shape index (κ3) is 5.65. The summed E-state index contributed by atoms with van der Waals surface area (Å²) in [5, 5.41) is 9.95. The minimum absolute atomic E-state index is 0.00597. The van der Waals surface area contributed by atoms with Crippen molar-refractivity contribution in [3.05, 3.63) is 130 Å². The quantitative estimate of drug-likeness (QED) is 0.339. The molecule has 1 aromatic heterocycles. The molecule has 4 atom stereocenters. The van der Waals surface area contributed by atoms with Gasteiger partial charge < -0.3 is 20.9 Å². The number of nitrogens with one attached hydrogen (secondary N) is 3. The van der Waals surface area contributed by atoms with E-state index >= 15 is 0 Å². The van der Waals surface area contributed by atoms with Crippen LogP contribution in [-0.4, -0.2) is 47.9 Å². The predicted octanol–water partition coefficient (Wildman–Crippen LogP) is 5.53. The van der Waals surface area contributed by atoms with Crippen molar-refractivity contribution < 1.29 is 9.59 Å². The van der Waals surface area contributed by atoms with Crippen LogP contribution < -0.4 is 16.0 Å². The Morgan fingerprint density at radius 3 is 2.84 bits per heavy atom. The lowest BCUT2D eigenvalue weighted by Gasteiger charge is -2.37. The zero-order valence-corrected chi connectivity index (χ0v) is 24.4. The van der Waals surface area contributed by atoms with E-state index in [4.69, 9.17) is 0 Å². The fourth-order valence-electron chi connectivity index (χ4n) is 7.04. The van der Waals surface area contributed by atoms with Gasteiger partial charge in [0.2, 0.25) is 0 Å². The number of fused-ring (bicyclic) bond motifs is 3. The van der Waals surface area contributed by atoms with Gasteiger partial charge in [-0.2, -0.15) is 0 Å². The standard InChI is InChI=1S/C36H37N5O2/c1-41-16-14-24-10-12-29(18-28(24)22-41)39-36(43)25-6-2-5-23(17-25)20-38-35(42)26-11-13-33-32(19-26)30-8-3-9-31(30)34(40-33)27-7-4-15-37-21-27/h2-8,10-13,15,17,19,21,29-31,34,40H,9,14,16,18,20,22H2,1H3,(H,38,42)(H,39,43). The van der Waals surface area contributed by atoms with Gasteiger partial charge in [-0.1, -0.05) is 48.1 Å². The second-order valence-electron chi connectivity index (χ2n) is 12.2. The molecular formula is C36H37N5O2. The van der Waals surface area contributed by atoms with Crippen molar-refractivity contribution in [1.29, 1.82) is 0 Å². The topological polar surface area (TPSA) is 86.4 Å². The van der Waals surface area contributed by atoms with E-state index in [0.717, 1.165) is 49.2 Å². The molecule has 0 radical (unpaired) electrons. The Hall–Kier alpha value is -4.49. The van der Waals surface area contributed by atoms with Crippen LogP contribution in [0, 0.1) is 5.92 Å². The third-order valence-electron chi connectivity index (χ3n) is 9.30. The number of pyridine rings is 1. The molecule has 3 N–H and O–H groups in total. The van der Waals surface area contributed by atoms with Gasteiger partial charge in [0.05, 0.1) is 12.1 Å². The molecule has 0 bridgehead atoms. The molecule has 0 fully saturated rings. The minimum atomic E-state index is -0.126. The average Bonchev–Trinajstić information content (AvgIpc) is 3.54. The summed E-state index contributed by atoms with van der Waals surface area (Å²) in [5.74, 6) is 0.419. The second-order valence-corrected chi connectivity index (χ2v) is 12.2. The molecule has 2 amide bonds. The molecule has 7 heteroatoms. The number of amides is 2. The van der Waals surface area contributed by atoms with Crippen molar-refractivity contribution in [2.45, 2.75) is 43.8 Å². The number of nitrogens with zero attached hydrogens (tertiary/aromatic N) is 2.